The molecule has 0 saturated carbocycles. The normalized spacial score (nSPS) is 16.9. The molecule has 0 radical (unpaired) electrons. The molecule has 22 heavy (non-hydrogen) atoms. The summed E-state index contributed by atoms with van der Waals surface area (Å²) >= 11 is 0. The maximum Gasteiger partial charge on any atom is 0.125 e. The Labute approximate surface area is 136 Å². The summed E-state index contributed by atoms with van der Waals surface area (Å²) in [5.74, 6) is 1.09. The molecule has 0 N–H and O–H groups in total. The van der Waals surface area contributed by atoms with Crippen LogP contribution in [-0.2, 0) is 6.42 Å². The molecule has 0 unspecified atom stereocenters. The molecule has 1 aromatic rings. The Hall–Kier alpha value is -1.06. The lowest BCUT2D eigenvalue weighted by atomic mass is 10.0. The minimum atomic E-state index is 0.810. The second-order valence-corrected chi connectivity index (χ2v) is 6.66. The monoisotopic (exact) mass is 304 g/mol. The predicted molar refractivity (Wildman–Crippen MR) is 94.0 cm³/mol. The Bertz CT molecular complexity index is 441. The zero-order valence-corrected chi connectivity index (χ0v) is 14.8. The van der Waals surface area contributed by atoms with Gasteiger partial charge in [0, 0.05) is 26.2 Å². The van der Waals surface area contributed by atoms with Crippen molar-refractivity contribution in [3.63, 3.8) is 0 Å². The predicted octanol–water partition coefficient (Wildman–Crippen LogP) is 3.27. The Kier molecular flexibility index (Phi) is 6.71. The van der Waals surface area contributed by atoms with Crippen LogP contribution in [0.1, 0.15) is 36.5 Å². The molecule has 0 aromatic heterocycles. The van der Waals surface area contributed by atoms with E-state index in [9.17, 15) is 0 Å². The number of nitrogens with zero attached hydrogens (tertiary/aromatic N) is 2. The van der Waals surface area contributed by atoms with Gasteiger partial charge in [-0.1, -0.05) is 19.1 Å². The number of likely N-dealkylation sites (N-methyl/N-ethyl adjacent to an activating group) is 1. The largest absolute Gasteiger partial charge is 0.493 e. The first-order valence-electron chi connectivity index (χ1n) is 8.74. The number of rotatable bonds is 7. The van der Waals surface area contributed by atoms with Crippen molar-refractivity contribution in [2.45, 2.75) is 40.0 Å². The fraction of sp³-hybridized carbons (Fsp3) is 0.684. The van der Waals surface area contributed by atoms with Gasteiger partial charge in [0.2, 0.25) is 0 Å². The van der Waals surface area contributed by atoms with E-state index in [4.69, 9.17) is 4.74 Å². The first-order valence-corrected chi connectivity index (χ1v) is 8.74. The standard InChI is InChI=1S/C19H32N2O/c1-5-13-22-19-16(2)14-18(15-17(19)3)7-6-8-21-11-9-20(4)10-12-21/h14-15H,5-13H2,1-4H3. The van der Waals surface area contributed by atoms with Crippen molar-refractivity contribution >= 4 is 0 Å². The second kappa shape index (κ2) is 8.54. The van der Waals surface area contributed by atoms with Gasteiger partial charge in [-0.15, -0.1) is 0 Å². The molecule has 1 aliphatic rings. The molecule has 124 valence electrons. The summed E-state index contributed by atoms with van der Waals surface area (Å²) in [7, 11) is 2.21. The zero-order chi connectivity index (χ0) is 15.9. The molecule has 0 amide bonds. The Balaban J connectivity index is 1.83. The van der Waals surface area contributed by atoms with E-state index in [0.717, 1.165) is 18.8 Å². The van der Waals surface area contributed by atoms with Crippen LogP contribution >= 0.6 is 0 Å². The lowest BCUT2D eigenvalue weighted by Crippen LogP contribution is -2.44. The summed E-state index contributed by atoms with van der Waals surface area (Å²) in [5.41, 5.74) is 4.01. The maximum atomic E-state index is 5.87. The quantitative estimate of drug-likeness (QED) is 0.769. The number of ether oxygens (including phenoxy) is 1. The van der Waals surface area contributed by atoms with Crippen LogP contribution in [0.4, 0.5) is 0 Å². The van der Waals surface area contributed by atoms with Crippen molar-refractivity contribution in [2.75, 3.05) is 46.4 Å². The van der Waals surface area contributed by atoms with Crippen LogP contribution in [0.2, 0.25) is 0 Å². The van der Waals surface area contributed by atoms with Gasteiger partial charge in [0.05, 0.1) is 6.61 Å². The summed E-state index contributed by atoms with van der Waals surface area (Å²) < 4.78 is 5.87. The molecule has 0 aliphatic carbocycles. The minimum Gasteiger partial charge on any atom is -0.493 e. The zero-order valence-electron chi connectivity index (χ0n) is 14.8. The fourth-order valence-corrected chi connectivity index (χ4v) is 3.19. The lowest BCUT2D eigenvalue weighted by Gasteiger charge is -2.32. The van der Waals surface area contributed by atoms with Gasteiger partial charge in [-0.25, -0.2) is 0 Å². The van der Waals surface area contributed by atoms with E-state index in [1.54, 1.807) is 0 Å². The highest BCUT2D eigenvalue weighted by atomic mass is 16.5. The van der Waals surface area contributed by atoms with E-state index >= 15 is 0 Å². The third-order valence-electron chi connectivity index (χ3n) is 4.51. The van der Waals surface area contributed by atoms with Crippen molar-refractivity contribution in [1.82, 2.24) is 9.80 Å². The number of benzene rings is 1. The average molecular weight is 304 g/mol. The van der Waals surface area contributed by atoms with Gasteiger partial charge in [0.25, 0.3) is 0 Å². The van der Waals surface area contributed by atoms with E-state index in [0.29, 0.717) is 0 Å². The first-order chi connectivity index (χ1) is 10.6. The van der Waals surface area contributed by atoms with Crippen LogP contribution in [0.3, 0.4) is 0 Å². The molecule has 1 aliphatic heterocycles. The molecular formula is C19H32N2O. The number of aryl methyl sites for hydroxylation is 3. The van der Waals surface area contributed by atoms with Crippen LogP contribution < -0.4 is 4.74 Å². The van der Waals surface area contributed by atoms with Crippen molar-refractivity contribution < 1.29 is 4.74 Å². The SMILES string of the molecule is CCCOc1c(C)cc(CCCN2CCN(C)CC2)cc1C. The third kappa shape index (κ3) is 4.99. The Morgan fingerprint density at radius 3 is 2.27 bits per heavy atom. The van der Waals surface area contributed by atoms with E-state index in [-0.39, 0.29) is 0 Å². The first kappa shape index (κ1) is 17.3. The van der Waals surface area contributed by atoms with Crippen LogP contribution in [0.25, 0.3) is 0 Å². The summed E-state index contributed by atoms with van der Waals surface area (Å²) in [6, 6.07) is 4.62. The smallest absolute Gasteiger partial charge is 0.125 e. The van der Waals surface area contributed by atoms with E-state index < -0.39 is 0 Å². The fourth-order valence-electron chi connectivity index (χ4n) is 3.19. The van der Waals surface area contributed by atoms with Crippen molar-refractivity contribution in [2.24, 2.45) is 0 Å². The lowest BCUT2D eigenvalue weighted by molar-refractivity contribution is 0.153. The molecule has 1 heterocycles. The van der Waals surface area contributed by atoms with Crippen molar-refractivity contribution in [3.05, 3.63) is 28.8 Å². The van der Waals surface area contributed by atoms with Gasteiger partial charge in [0.1, 0.15) is 5.75 Å². The summed E-state index contributed by atoms with van der Waals surface area (Å²) in [5, 5.41) is 0. The number of hydrogen-bond donors (Lipinski definition) is 0. The number of hydrogen-bond acceptors (Lipinski definition) is 3. The summed E-state index contributed by atoms with van der Waals surface area (Å²) in [6.45, 7) is 13.4. The van der Waals surface area contributed by atoms with Crippen molar-refractivity contribution in [3.8, 4) is 5.75 Å². The summed E-state index contributed by atoms with van der Waals surface area (Å²) in [6.07, 6.45) is 3.48. The Morgan fingerprint density at radius 2 is 1.68 bits per heavy atom. The molecule has 3 nitrogen and oxygen atoms in total. The minimum absolute atomic E-state index is 0.810. The molecule has 0 bridgehead atoms. The van der Waals surface area contributed by atoms with Crippen LogP contribution in [-0.4, -0.2) is 56.2 Å². The molecule has 1 saturated heterocycles. The second-order valence-electron chi connectivity index (χ2n) is 6.66. The Morgan fingerprint density at radius 1 is 1.05 bits per heavy atom. The molecule has 3 heteroatoms. The molecule has 0 atom stereocenters. The van der Waals surface area contributed by atoms with E-state index in [2.05, 4.69) is 49.8 Å². The van der Waals surface area contributed by atoms with Gasteiger partial charge < -0.3 is 14.5 Å². The highest BCUT2D eigenvalue weighted by Gasteiger charge is 2.13. The average Bonchev–Trinajstić information content (AvgIpc) is 2.48. The third-order valence-corrected chi connectivity index (χ3v) is 4.51. The van der Waals surface area contributed by atoms with Crippen LogP contribution in [0.15, 0.2) is 12.1 Å². The molecule has 2 rings (SSSR count). The van der Waals surface area contributed by atoms with Crippen LogP contribution in [0, 0.1) is 13.8 Å². The molecule has 1 aromatic carbocycles. The van der Waals surface area contributed by atoms with Gasteiger partial charge in [-0.2, -0.15) is 0 Å². The maximum absolute atomic E-state index is 5.87. The van der Waals surface area contributed by atoms with Gasteiger partial charge >= 0.3 is 0 Å². The van der Waals surface area contributed by atoms with Crippen molar-refractivity contribution in [1.29, 1.82) is 0 Å². The van der Waals surface area contributed by atoms with Gasteiger partial charge in [-0.3, -0.25) is 0 Å². The van der Waals surface area contributed by atoms with E-state index in [1.165, 1.54) is 62.3 Å². The van der Waals surface area contributed by atoms with Crippen LogP contribution in [0.5, 0.6) is 5.75 Å². The number of piperazine rings is 1. The highest BCUT2D eigenvalue weighted by molar-refractivity contribution is 5.43. The molecule has 1 fully saturated rings. The topological polar surface area (TPSA) is 15.7 Å². The molecule has 0 spiro atoms. The summed E-state index contributed by atoms with van der Waals surface area (Å²) in [4.78, 5) is 5.01. The van der Waals surface area contributed by atoms with Gasteiger partial charge in [-0.05, 0) is 63.4 Å². The highest BCUT2D eigenvalue weighted by Crippen LogP contribution is 2.25. The van der Waals surface area contributed by atoms with E-state index in [1.807, 2.05) is 0 Å². The van der Waals surface area contributed by atoms with Gasteiger partial charge in [0.15, 0.2) is 0 Å². The molecular weight excluding hydrogens is 272 g/mol.